The molecule has 7 heteroatoms. The van der Waals surface area contributed by atoms with Crippen LogP contribution in [0.15, 0.2) is 29.2 Å². The smallest absolute Gasteiger partial charge is 0.254 e. The molecule has 1 aromatic rings. The number of carbonyl (C=O) groups is 1. The maximum Gasteiger partial charge on any atom is 0.254 e. The maximum absolute atomic E-state index is 12.4. The molecule has 1 aliphatic rings. The Morgan fingerprint density at radius 1 is 1.29 bits per heavy atom. The number of hydrogen-bond acceptors (Lipinski definition) is 4. The fraction of sp³-hybridized carbons (Fsp3) is 0.500. The van der Waals surface area contributed by atoms with Crippen LogP contribution >= 0.6 is 0 Å². The van der Waals surface area contributed by atoms with Crippen LogP contribution in [0.3, 0.4) is 0 Å². The maximum atomic E-state index is 12.4. The Morgan fingerprint density at radius 3 is 2.43 bits per heavy atom. The van der Waals surface area contributed by atoms with Crippen molar-refractivity contribution in [1.82, 2.24) is 14.5 Å². The van der Waals surface area contributed by atoms with Gasteiger partial charge in [-0.25, -0.2) is 12.7 Å². The molecule has 1 aromatic carbocycles. The van der Waals surface area contributed by atoms with E-state index < -0.39 is 10.0 Å². The minimum atomic E-state index is -3.46. The topological polar surface area (TPSA) is 69.7 Å². The summed E-state index contributed by atoms with van der Waals surface area (Å²) in [4.78, 5) is 14.4. The molecule has 0 unspecified atom stereocenters. The van der Waals surface area contributed by atoms with E-state index in [2.05, 4.69) is 5.32 Å². The van der Waals surface area contributed by atoms with Crippen molar-refractivity contribution >= 4 is 15.9 Å². The van der Waals surface area contributed by atoms with E-state index in [-0.39, 0.29) is 16.8 Å². The molecule has 1 amide bonds. The van der Waals surface area contributed by atoms with Crippen molar-refractivity contribution in [3.63, 3.8) is 0 Å². The first kappa shape index (κ1) is 15.9. The second-order valence-corrected chi connectivity index (χ2v) is 7.52. The molecule has 0 bridgehead atoms. The molecule has 1 heterocycles. The predicted octanol–water partition coefficient (Wildman–Crippen LogP) is 0.371. The Labute approximate surface area is 125 Å². The lowest BCUT2D eigenvalue weighted by atomic mass is 10.1. The molecule has 1 N–H and O–H groups in total. The fourth-order valence-corrected chi connectivity index (χ4v) is 3.19. The zero-order valence-electron chi connectivity index (χ0n) is 12.5. The van der Waals surface area contributed by atoms with E-state index in [1.807, 2.05) is 11.8 Å². The monoisotopic (exact) mass is 311 g/mol. The minimum absolute atomic E-state index is 0.0576. The number of amides is 1. The van der Waals surface area contributed by atoms with Crippen LogP contribution in [0.2, 0.25) is 0 Å². The number of sulfonamides is 1. The summed E-state index contributed by atoms with van der Waals surface area (Å²) in [5, 5.41) is 3.23. The third-order valence-corrected chi connectivity index (χ3v) is 5.47. The van der Waals surface area contributed by atoms with Gasteiger partial charge in [0, 0.05) is 45.3 Å². The molecule has 0 aromatic heterocycles. The van der Waals surface area contributed by atoms with Crippen molar-refractivity contribution in [2.24, 2.45) is 0 Å². The van der Waals surface area contributed by atoms with E-state index in [1.54, 1.807) is 12.1 Å². The van der Waals surface area contributed by atoms with Gasteiger partial charge in [-0.15, -0.1) is 0 Å². The molecule has 0 radical (unpaired) electrons. The Kier molecular flexibility index (Phi) is 4.65. The van der Waals surface area contributed by atoms with Gasteiger partial charge in [-0.05, 0) is 31.2 Å². The Morgan fingerprint density at radius 2 is 1.90 bits per heavy atom. The Hall–Kier alpha value is -1.44. The van der Waals surface area contributed by atoms with Crippen LogP contribution in [-0.2, 0) is 10.0 Å². The normalized spacial score (nSPS) is 19.8. The van der Waals surface area contributed by atoms with Crippen LogP contribution in [0.25, 0.3) is 0 Å². The Balaban J connectivity index is 2.21. The van der Waals surface area contributed by atoms with Gasteiger partial charge in [0.05, 0.1) is 4.90 Å². The molecule has 0 spiro atoms. The summed E-state index contributed by atoms with van der Waals surface area (Å²) in [6.45, 7) is 4.22. The number of rotatable bonds is 3. The third-order valence-electron chi connectivity index (χ3n) is 3.64. The van der Waals surface area contributed by atoms with Gasteiger partial charge in [0.25, 0.3) is 5.91 Å². The highest BCUT2D eigenvalue weighted by atomic mass is 32.2. The van der Waals surface area contributed by atoms with Crippen molar-refractivity contribution in [1.29, 1.82) is 0 Å². The van der Waals surface area contributed by atoms with Crippen LogP contribution < -0.4 is 5.32 Å². The zero-order valence-corrected chi connectivity index (χ0v) is 13.4. The van der Waals surface area contributed by atoms with E-state index in [0.717, 1.165) is 17.4 Å². The predicted molar refractivity (Wildman–Crippen MR) is 80.7 cm³/mol. The summed E-state index contributed by atoms with van der Waals surface area (Å²) < 4.78 is 25.1. The van der Waals surface area contributed by atoms with E-state index in [1.165, 1.54) is 26.2 Å². The fourth-order valence-electron chi connectivity index (χ4n) is 2.29. The highest BCUT2D eigenvalue weighted by molar-refractivity contribution is 7.89. The molecule has 0 aliphatic carbocycles. The number of hydrogen-bond donors (Lipinski definition) is 1. The van der Waals surface area contributed by atoms with Gasteiger partial charge in [-0.2, -0.15) is 0 Å². The highest BCUT2D eigenvalue weighted by Gasteiger charge is 2.24. The summed E-state index contributed by atoms with van der Waals surface area (Å²) in [6, 6.07) is 6.25. The largest absolute Gasteiger partial charge is 0.333 e. The number of carbonyl (C=O) groups excluding carboxylic acids is 1. The first-order valence-corrected chi connectivity index (χ1v) is 8.32. The number of benzene rings is 1. The SMILES string of the molecule is C[C@H]1CNCCN1C(=O)c1ccc(S(=O)(=O)N(C)C)cc1. The standard InChI is InChI=1S/C14H21N3O3S/c1-11-10-15-8-9-17(11)14(18)12-4-6-13(7-5-12)21(19,20)16(2)3/h4-7,11,15H,8-10H2,1-3H3/t11-/m0/s1. The van der Waals surface area contributed by atoms with Gasteiger partial charge >= 0.3 is 0 Å². The summed E-state index contributed by atoms with van der Waals surface area (Å²) in [5.41, 5.74) is 0.515. The van der Waals surface area contributed by atoms with Gasteiger partial charge in [0.15, 0.2) is 0 Å². The third kappa shape index (κ3) is 3.25. The molecule has 116 valence electrons. The average molecular weight is 311 g/mol. The average Bonchev–Trinajstić information content (AvgIpc) is 2.47. The van der Waals surface area contributed by atoms with E-state index >= 15 is 0 Å². The van der Waals surface area contributed by atoms with Crippen LogP contribution in [-0.4, -0.2) is 63.3 Å². The molecule has 1 fully saturated rings. The number of nitrogens with one attached hydrogen (secondary N) is 1. The number of piperazine rings is 1. The second-order valence-electron chi connectivity index (χ2n) is 5.36. The van der Waals surface area contributed by atoms with Gasteiger partial charge < -0.3 is 10.2 Å². The molecular weight excluding hydrogens is 290 g/mol. The van der Waals surface area contributed by atoms with Gasteiger partial charge in [0.2, 0.25) is 10.0 Å². The van der Waals surface area contributed by atoms with E-state index in [9.17, 15) is 13.2 Å². The van der Waals surface area contributed by atoms with Crippen molar-refractivity contribution in [2.45, 2.75) is 17.9 Å². The summed E-state index contributed by atoms with van der Waals surface area (Å²) in [6.07, 6.45) is 0. The van der Waals surface area contributed by atoms with Gasteiger partial charge in [0.1, 0.15) is 0 Å². The molecule has 2 rings (SSSR count). The first-order chi connectivity index (χ1) is 9.84. The van der Waals surface area contributed by atoms with Crippen molar-refractivity contribution in [2.75, 3.05) is 33.7 Å². The molecule has 1 aliphatic heterocycles. The lowest BCUT2D eigenvalue weighted by Crippen LogP contribution is -2.52. The van der Waals surface area contributed by atoms with Crippen molar-refractivity contribution < 1.29 is 13.2 Å². The second kappa shape index (κ2) is 6.13. The van der Waals surface area contributed by atoms with Crippen LogP contribution in [0.1, 0.15) is 17.3 Å². The zero-order chi connectivity index (χ0) is 15.6. The van der Waals surface area contributed by atoms with Crippen molar-refractivity contribution in [3.8, 4) is 0 Å². The van der Waals surface area contributed by atoms with Gasteiger partial charge in [-0.1, -0.05) is 0 Å². The van der Waals surface area contributed by atoms with Crippen molar-refractivity contribution in [3.05, 3.63) is 29.8 Å². The lowest BCUT2D eigenvalue weighted by Gasteiger charge is -2.34. The molecule has 1 atom stereocenters. The molecular formula is C14H21N3O3S. The molecule has 1 saturated heterocycles. The van der Waals surface area contributed by atoms with Crippen LogP contribution in [0.5, 0.6) is 0 Å². The van der Waals surface area contributed by atoms with E-state index in [4.69, 9.17) is 0 Å². The van der Waals surface area contributed by atoms with Crippen LogP contribution in [0, 0.1) is 0 Å². The number of nitrogens with zero attached hydrogens (tertiary/aromatic N) is 2. The van der Waals surface area contributed by atoms with Gasteiger partial charge in [-0.3, -0.25) is 4.79 Å². The van der Waals surface area contributed by atoms with Crippen LogP contribution in [0.4, 0.5) is 0 Å². The molecule has 0 saturated carbocycles. The lowest BCUT2D eigenvalue weighted by molar-refractivity contribution is 0.0655. The summed E-state index contributed by atoms with van der Waals surface area (Å²) in [5.74, 6) is -0.0576. The quantitative estimate of drug-likeness (QED) is 0.876. The Bertz CT molecular complexity index is 611. The molecule has 21 heavy (non-hydrogen) atoms. The first-order valence-electron chi connectivity index (χ1n) is 6.88. The summed E-state index contributed by atoms with van der Waals surface area (Å²) >= 11 is 0. The molecule has 6 nitrogen and oxygen atoms in total. The van der Waals surface area contributed by atoms with E-state index in [0.29, 0.717) is 12.1 Å². The minimum Gasteiger partial charge on any atom is -0.333 e. The summed E-state index contributed by atoms with van der Waals surface area (Å²) in [7, 11) is -0.491. The highest BCUT2D eigenvalue weighted by Crippen LogP contribution is 2.16.